The first-order valence-corrected chi connectivity index (χ1v) is 6.02. The zero-order valence-electron chi connectivity index (χ0n) is 9.34. The standard InChI is InChI=1S/C12H9IN5/c1-18(13)11-6-7-15-12(17-11)16-10-4-2-9(8-14)3-5-10/h2-7H,1H2,(H,15,16,17). The second kappa shape index (κ2) is 5.55. The number of rotatable bonds is 3. The Morgan fingerprint density at radius 2 is 2.00 bits per heavy atom. The van der Waals surface area contributed by atoms with Crippen molar-refractivity contribution < 1.29 is 25.7 Å². The summed E-state index contributed by atoms with van der Waals surface area (Å²) in [5.74, 6) is 1.20. The zero-order valence-corrected chi connectivity index (χ0v) is 11.5. The number of anilines is 2. The van der Waals surface area contributed by atoms with Gasteiger partial charge in [0.15, 0.2) is 0 Å². The molecule has 89 valence electrons. The molecule has 0 atom stereocenters. The van der Waals surface area contributed by atoms with Gasteiger partial charge in [0.05, 0.1) is 11.6 Å². The minimum absolute atomic E-state index is 0.488. The van der Waals surface area contributed by atoms with Crippen LogP contribution < -0.4 is 28.2 Å². The lowest BCUT2D eigenvalue weighted by Gasteiger charge is -2.05. The summed E-state index contributed by atoms with van der Waals surface area (Å²) in [5, 5.41) is 11.8. The predicted molar refractivity (Wildman–Crippen MR) is 63.5 cm³/mol. The lowest BCUT2D eigenvalue weighted by atomic mass is 10.2. The number of nitrogens with zero attached hydrogens (tertiary/aromatic N) is 4. The third kappa shape index (κ3) is 3.01. The molecule has 0 spiro atoms. The maximum Gasteiger partial charge on any atom is 0.343 e. The molecular formula is C12H9IN5. The van der Waals surface area contributed by atoms with Gasteiger partial charge in [0, 0.05) is 24.7 Å². The summed E-state index contributed by atoms with van der Waals surface area (Å²) >= 11 is 2.03. The lowest BCUT2D eigenvalue weighted by molar-refractivity contribution is -1.02. The van der Waals surface area contributed by atoms with Crippen molar-refractivity contribution in [2.24, 2.45) is 0 Å². The molecule has 6 heteroatoms. The molecule has 0 saturated heterocycles. The largest absolute Gasteiger partial charge is 0.508 e. The van der Waals surface area contributed by atoms with E-state index in [4.69, 9.17) is 5.26 Å². The van der Waals surface area contributed by atoms with Crippen molar-refractivity contribution in [1.82, 2.24) is 9.97 Å². The Labute approximate surface area is 118 Å². The van der Waals surface area contributed by atoms with Gasteiger partial charge in [0.2, 0.25) is 0 Å². The second-order valence-electron chi connectivity index (χ2n) is 3.41. The van der Waals surface area contributed by atoms with Gasteiger partial charge in [-0.2, -0.15) is 10.2 Å². The van der Waals surface area contributed by atoms with Crippen LogP contribution in [0, 0.1) is 11.3 Å². The Kier molecular flexibility index (Phi) is 3.84. The Bertz CT molecular complexity index is 615. The normalized spacial score (nSPS) is 9.56. The molecule has 1 heterocycles. The van der Waals surface area contributed by atoms with Crippen LogP contribution in [-0.4, -0.2) is 19.5 Å². The van der Waals surface area contributed by atoms with E-state index in [0.717, 1.165) is 5.69 Å². The van der Waals surface area contributed by atoms with Crippen LogP contribution in [0.25, 0.3) is 0 Å². The van der Waals surface area contributed by atoms with Gasteiger partial charge in [-0.25, -0.2) is 0 Å². The molecule has 18 heavy (non-hydrogen) atoms. The van der Waals surface area contributed by atoms with Crippen molar-refractivity contribution in [3.63, 3.8) is 0 Å². The summed E-state index contributed by atoms with van der Waals surface area (Å²) in [6, 6.07) is 10.9. The lowest BCUT2D eigenvalue weighted by Crippen LogP contribution is -3.38. The van der Waals surface area contributed by atoms with Crippen molar-refractivity contribution in [3.05, 3.63) is 42.1 Å². The highest BCUT2D eigenvalue weighted by Crippen LogP contribution is 2.14. The van der Waals surface area contributed by atoms with E-state index in [1.165, 1.54) is 0 Å². The predicted octanol–water partition coefficient (Wildman–Crippen LogP) is -1.10. The van der Waals surface area contributed by atoms with Crippen LogP contribution in [0.4, 0.5) is 17.5 Å². The summed E-state index contributed by atoms with van der Waals surface area (Å²) in [4.78, 5) is 8.39. The Hall–Kier alpha value is -2.01. The molecule has 0 unspecified atom stereocenters. The van der Waals surface area contributed by atoms with Gasteiger partial charge in [-0.05, 0) is 29.2 Å². The molecular weight excluding hydrogens is 341 g/mol. The molecule has 1 N–H and O–H groups in total. The number of aromatic nitrogens is 2. The molecule has 0 aliphatic heterocycles. The number of nitrogens with one attached hydrogen (secondary N) is 1. The number of halogens is 1. The van der Waals surface area contributed by atoms with Gasteiger partial charge < -0.3 is 31.0 Å². The summed E-state index contributed by atoms with van der Waals surface area (Å²) in [6.07, 6.45) is 1.66. The number of hydrogen-bond acceptors (Lipinski definition) is 4. The first-order chi connectivity index (χ1) is 8.69. The van der Waals surface area contributed by atoms with Crippen LogP contribution >= 0.6 is 0 Å². The van der Waals surface area contributed by atoms with Gasteiger partial charge in [-0.15, -0.1) is 0 Å². The SMILES string of the molecule is C=[N+]([I-])c1ccnc(Nc2ccc(C#N)cc2)n1. The molecule has 1 aromatic carbocycles. The van der Waals surface area contributed by atoms with Crippen molar-refractivity contribution in [1.29, 1.82) is 5.26 Å². The number of hydrogen-bond donors (Lipinski definition) is 1. The van der Waals surface area contributed by atoms with Gasteiger partial charge in [-0.3, -0.25) is 0 Å². The number of nitriles is 1. The first kappa shape index (κ1) is 12.4. The van der Waals surface area contributed by atoms with E-state index < -0.39 is 0 Å². The van der Waals surface area contributed by atoms with Crippen LogP contribution in [0.2, 0.25) is 0 Å². The van der Waals surface area contributed by atoms with E-state index in [-0.39, 0.29) is 0 Å². The third-order valence-corrected chi connectivity index (χ3v) is 2.65. The molecule has 1 aromatic heterocycles. The first-order valence-electron chi connectivity index (χ1n) is 5.05. The van der Waals surface area contributed by atoms with Gasteiger partial charge in [-0.1, -0.05) is 0 Å². The smallest absolute Gasteiger partial charge is 0.343 e. The Balaban J connectivity index is 2.20. The van der Waals surface area contributed by atoms with Gasteiger partial charge >= 0.3 is 11.8 Å². The maximum absolute atomic E-state index is 8.71. The van der Waals surface area contributed by atoms with Crippen LogP contribution in [-0.2, 0) is 0 Å². The average Bonchev–Trinajstić information content (AvgIpc) is 2.40. The maximum atomic E-state index is 8.71. The minimum Gasteiger partial charge on any atom is -0.508 e. The van der Waals surface area contributed by atoms with Crippen LogP contribution in [0.15, 0.2) is 36.5 Å². The molecule has 2 aromatic rings. The Morgan fingerprint density at radius 3 is 2.61 bits per heavy atom. The highest BCUT2D eigenvalue weighted by Gasteiger charge is 2.06. The van der Waals surface area contributed by atoms with E-state index >= 15 is 0 Å². The van der Waals surface area contributed by atoms with E-state index in [1.54, 1.807) is 39.3 Å². The summed E-state index contributed by atoms with van der Waals surface area (Å²) in [5.41, 5.74) is 1.45. The van der Waals surface area contributed by atoms with E-state index in [9.17, 15) is 0 Å². The van der Waals surface area contributed by atoms with Crippen LogP contribution in [0.3, 0.4) is 0 Å². The van der Waals surface area contributed by atoms with Crippen molar-refractivity contribution in [2.75, 3.05) is 5.32 Å². The molecule has 0 bridgehead atoms. The zero-order chi connectivity index (χ0) is 13.0. The van der Waals surface area contributed by atoms with Crippen molar-refractivity contribution in [2.45, 2.75) is 0 Å². The van der Waals surface area contributed by atoms with Crippen molar-refractivity contribution >= 4 is 24.2 Å². The van der Waals surface area contributed by atoms with E-state index in [2.05, 4.69) is 28.1 Å². The summed E-state index contributed by atoms with van der Waals surface area (Å²) in [6.45, 7) is 3.75. The minimum atomic E-state index is 0.488. The molecule has 2 rings (SSSR count). The fourth-order valence-corrected chi connectivity index (χ4v) is 1.57. The Morgan fingerprint density at radius 1 is 1.28 bits per heavy atom. The third-order valence-electron chi connectivity index (χ3n) is 2.16. The number of benzene rings is 1. The highest BCUT2D eigenvalue weighted by molar-refractivity contribution is 5.55. The topological polar surface area (TPSA) is 64.6 Å². The van der Waals surface area contributed by atoms with Crippen LogP contribution in [0.5, 0.6) is 0 Å². The fraction of sp³-hybridized carbons (Fsp3) is 0. The van der Waals surface area contributed by atoms with Gasteiger partial charge in [0.25, 0.3) is 0 Å². The molecule has 0 aliphatic rings. The molecule has 0 amide bonds. The highest BCUT2D eigenvalue weighted by atomic mass is 127. The van der Waals surface area contributed by atoms with E-state index in [0.29, 0.717) is 17.3 Å². The van der Waals surface area contributed by atoms with Crippen LogP contribution in [0.1, 0.15) is 5.56 Å². The summed E-state index contributed by atoms with van der Waals surface area (Å²) in [7, 11) is 0. The molecule has 0 aliphatic carbocycles. The molecule has 1 radical (unpaired) electrons. The summed E-state index contributed by atoms with van der Waals surface area (Å²) < 4.78 is 1.63. The fourth-order valence-electron chi connectivity index (χ4n) is 1.30. The van der Waals surface area contributed by atoms with Crippen molar-refractivity contribution in [3.8, 4) is 6.07 Å². The van der Waals surface area contributed by atoms with E-state index in [1.807, 2.05) is 22.9 Å². The average molecular weight is 350 g/mol. The van der Waals surface area contributed by atoms with Gasteiger partial charge in [0.1, 0.15) is 0 Å². The monoisotopic (exact) mass is 350 g/mol. The quantitative estimate of drug-likeness (QED) is 0.434. The molecule has 0 fully saturated rings. The molecule has 5 nitrogen and oxygen atoms in total. The second-order valence-corrected chi connectivity index (χ2v) is 4.58. The molecule has 0 saturated carbocycles.